The zero-order chi connectivity index (χ0) is 12.6. The molecule has 0 bridgehead atoms. The van der Waals surface area contributed by atoms with Crippen LogP contribution in [0.4, 0.5) is 0 Å². The lowest BCUT2D eigenvalue weighted by atomic mass is 9.69. The Morgan fingerprint density at radius 1 is 1.25 bits per heavy atom. The Hall–Kier alpha value is -0.0900. The van der Waals surface area contributed by atoms with Crippen molar-refractivity contribution in [2.75, 3.05) is 12.8 Å². The fraction of sp³-hybridized carbons (Fsp3) is 1.00. The molecule has 1 fully saturated rings. The number of rotatable bonds is 2. The van der Waals surface area contributed by atoms with Gasteiger partial charge in [-0.1, -0.05) is 20.8 Å². The normalized spacial score (nSPS) is 32.7. The minimum Gasteiger partial charge on any atom is -0.330 e. The molecule has 1 saturated carbocycles. The summed E-state index contributed by atoms with van der Waals surface area (Å²) < 4.78 is 23.5. The van der Waals surface area contributed by atoms with Crippen molar-refractivity contribution in [2.45, 2.75) is 45.3 Å². The van der Waals surface area contributed by atoms with Crippen LogP contribution in [0.3, 0.4) is 0 Å². The quantitative estimate of drug-likeness (QED) is 0.809. The molecule has 1 aliphatic rings. The molecule has 16 heavy (non-hydrogen) atoms. The molecule has 0 aliphatic heterocycles. The second kappa shape index (κ2) is 4.65. The van der Waals surface area contributed by atoms with Gasteiger partial charge in [0.15, 0.2) is 9.84 Å². The molecule has 0 aromatic heterocycles. The Labute approximate surface area is 99.7 Å². The van der Waals surface area contributed by atoms with Crippen molar-refractivity contribution in [1.82, 2.24) is 0 Å². The molecule has 3 nitrogen and oxygen atoms in total. The van der Waals surface area contributed by atoms with Crippen LogP contribution in [0.5, 0.6) is 0 Å². The van der Waals surface area contributed by atoms with E-state index in [0.717, 1.165) is 19.3 Å². The van der Waals surface area contributed by atoms with Crippen LogP contribution in [0.25, 0.3) is 0 Å². The van der Waals surface area contributed by atoms with Crippen molar-refractivity contribution in [3.05, 3.63) is 0 Å². The first-order chi connectivity index (χ1) is 7.16. The monoisotopic (exact) mass is 247 g/mol. The zero-order valence-corrected chi connectivity index (χ0v) is 11.7. The molecule has 96 valence electrons. The standard InChI is InChI=1S/C12H25NO2S/c1-12(2,3)10-6-5-9(8-13)11(7-10)16(4,14)15/h9-11H,5-8,13H2,1-4H3. The summed E-state index contributed by atoms with van der Waals surface area (Å²) in [4.78, 5) is 0. The van der Waals surface area contributed by atoms with Gasteiger partial charge in [0.1, 0.15) is 0 Å². The van der Waals surface area contributed by atoms with Crippen LogP contribution in [0.15, 0.2) is 0 Å². The van der Waals surface area contributed by atoms with E-state index < -0.39 is 9.84 Å². The van der Waals surface area contributed by atoms with Crippen LogP contribution in [0.2, 0.25) is 0 Å². The topological polar surface area (TPSA) is 60.2 Å². The van der Waals surface area contributed by atoms with E-state index in [2.05, 4.69) is 20.8 Å². The molecule has 3 unspecified atom stereocenters. The summed E-state index contributed by atoms with van der Waals surface area (Å²) in [5.41, 5.74) is 5.88. The van der Waals surface area contributed by atoms with E-state index in [-0.39, 0.29) is 16.6 Å². The molecule has 1 rings (SSSR count). The van der Waals surface area contributed by atoms with Gasteiger partial charge in [0.25, 0.3) is 0 Å². The Morgan fingerprint density at radius 2 is 1.81 bits per heavy atom. The highest BCUT2D eigenvalue weighted by Gasteiger charge is 2.39. The zero-order valence-electron chi connectivity index (χ0n) is 10.9. The van der Waals surface area contributed by atoms with Crippen molar-refractivity contribution in [1.29, 1.82) is 0 Å². The molecule has 0 aromatic carbocycles. The van der Waals surface area contributed by atoms with Crippen LogP contribution in [-0.2, 0) is 9.84 Å². The molecule has 0 aromatic rings. The summed E-state index contributed by atoms with van der Waals surface area (Å²) in [6.07, 6.45) is 4.20. The molecule has 4 heteroatoms. The predicted molar refractivity (Wildman–Crippen MR) is 68.0 cm³/mol. The van der Waals surface area contributed by atoms with E-state index in [9.17, 15) is 8.42 Å². The van der Waals surface area contributed by atoms with Gasteiger partial charge in [-0.05, 0) is 43.1 Å². The lowest BCUT2D eigenvalue weighted by Crippen LogP contribution is -2.42. The fourth-order valence-electron chi connectivity index (χ4n) is 2.77. The van der Waals surface area contributed by atoms with E-state index in [1.807, 2.05) is 0 Å². The molecular weight excluding hydrogens is 222 g/mol. The summed E-state index contributed by atoms with van der Waals surface area (Å²) in [5, 5.41) is -0.226. The summed E-state index contributed by atoms with van der Waals surface area (Å²) in [7, 11) is -2.96. The third-order valence-electron chi connectivity index (χ3n) is 4.01. The molecule has 0 saturated heterocycles. The third-order valence-corrected chi connectivity index (χ3v) is 5.68. The smallest absolute Gasteiger partial charge is 0.150 e. The third kappa shape index (κ3) is 3.20. The molecule has 2 N–H and O–H groups in total. The van der Waals surface area contributed by atoms with Crippen molar-refractivity contribution in [3.8, 4) is 0 Å². The van der Waals surface area contributed by atoms with Gasteiger partial charge < -0.3 is 5.73 Å². The van der Waals surface area contributed by atoms with Crippen LogP contribution >= 0.6 is 0 Å². The first kappa shape index (κ1) is 14.0. The lowest BCUT2D eigenvalue weighted by Gasteiger charge is -2.40. The van der Waals surface area contributed by atoms with Crippen LogP contribution < -0.4 is 5.73 Å². The first-order valence-corrected chi connectivity index (χ1v) is 8.00. The van der Waals surface area contributed by atoms with Crippen molar-refractivity contribution in [3.63, 3.8) is 0 Å². The molecule has 0 amide bonds. The Kier molecular flexibility index (Phi) is 4.06. The van der Waals surface area contributed by atoms with Crippen molar-refractivity contribution < 1.29 is 8.42 Å². The maximum absolute atomic E-state index is 11.8. The fourth-order valence-corrected chi connectivity index (χ4v) is 4.30. The SMILES string of the molecule is CC(C)(C)C1CCC(CN)C(S(C)(=O)=O)C1. The largest absolute Gasteiger partial charge is 0.330 e. The summed E-state index contributed by atoms with van der Waals surface area (Å²) in [6.45, 7) is 7.08. The Bertz CT molecular complexity index is 329. The van der Waals surface area contributed by atoms with Gasteiger partial charge in [0.2, 0.25) is 0 Å². The maximum Gasteiger partial charge on any atom is 0.150 e. The molecule has 1 aliphatic carbocycles. The van der Waals surface area contributed by atoms with E-state index in [1.54, 1.807) is 0 Å². The molecule has 3 atom stereocenters. The number of hydrogen-bond donors (Lipinski definition) is 1. The van der Waals surface area contributed by atoms with E-state index in [4.69, 9.17) is 5.73 Å². The van der Waals surface area contributed by atoms with Crippen molar-refractivity contribution in [2.24, 2.45) is 23.0 Å². The van der Waals surface area contributed by atoms with Gasteiger partial charge in [-0.25, -0.2) is 8.42 Å². The molecular formula is C12H25NO2S. The molecule has 0 radical (unpaired) electrons. The van der Waals surface area contributed by atoms with Crippen molar-refractivity contribution >= 4 is 9.84 Å². The first-order valence-electron chi connectivity index (χ1n) is 6.05. The summed E-state index contributed by atoms with van der Waals surface area (Å²) in [6, 6.07) is 0. The molecule has 0 heterocycles. The minimum absolute atomic E-state index is 0.161. The van der Waals surface area contributed by atoms with Gasteiger partial charge in [-0.3, -0.25) is 0 Å². The number of nitrogens with two attached hydrogens (primary N) is 1. The highest BCUT2D eigenvalue weighted by atomic mass is 32.2. The Balaban J connectivity index is 2.86. The minimum atomic E-state index is -2.96. The van der Waals surface area contributed by atoms with Crippen LogP contribution in [-0.4, -0.2) is 26.5 Å². The maximum atomic E-state index is 11.8. The Morgan fingerprint density at radius 3 is 2.19 bits per heavy atom. The second-order valence-electron chi connectivity index (χ2n) is 6.24. The van der Waals surface area contributed by atoms with Gasteiger partial charge >= 0.3 is 0 Å². The van der Waals surface area contributed by atoms with Gasteiger partial charge in [0, 0.05) is 6.26 Å². The van der Waals surface area contributed by atoms with Crippen LogP contribution in [0.1, 0.15) is 40.0 Å². The average molecular weight is 247 g/mol. The number of sulfone groups is 1. The average Bonchev–Trinajstić information content (AvgIpc) is 2.14. The van der Waals surface area contributed by atoms with E-state index in [1.165, 1.54) is 6.26 Å². The second-order valence-corrected chi connectivity index (χ2v) is 8.50. The lowest BCUT2D eigenvalue weighted by molar-refractivity contribution is 0.154. The van der Waals surface area contributed by atoms with E-state index in [0.29, 0.717) is 12.5 Å². The van der Waals surface area contributed by atoms with Gasteiger partial charge in [-0.15, -0.1) is 0 Å². The predicted octanol–water partition coefficient (Wildman–Crippen LogP) is 1.82. The number of hydrogen-bond acceptors (Lipinski definition) is 3. The van der Waals surface area contributed by atoms with Gasteiger partial charge in [-0.2, -0.15) is 0 Å². The highest BCUT2D eigenvalue weighted by molar-refractivity contribution is 7.91. The highest BCUT2D eigenvalue weighted by Crippen LogP contribution is 2.41. The summed E-state index contributed by atoms with van der Waals surface area (Å²) in [5.74, 6) is 0.656. The van der Waals surface area contributed by atoms with E-state index >= 15 is 0 Å². The van der Waals surface area contributed by atoms with Gasteiger partial charge in [0.05, 0.1) is 5.25 Å². The summed E-state index contributed by atoms with van der Waals surface area (Å²) >= 11 is 0. The van der Waals surface area contributed by atoms with Crippen LogP contribution in [0, 0.1) is 17.3 Å². The molecule has 0 spiro atoms.